The van der Waals surface area contributed by atoms with Crippen LogP contribution in [0.3, 0.4) is 0 Å². The van der Waals surface area contributed by atoms with E-state index < -0.39 is 0 Å². The molecule has 0 radical (unpaired) electrons. The zero-order valence-corrected chi connectivity index (χ0v) is 12.3. The first kappa shape index (κ1) is 15.3. The van der Waals surface area contributed by atoms with Gasteiger partial charge in [0.2, 0.25) is 0 Å². The molecule has 0 aliphatic carbocycles. The van der Waals surface area contributed by atoms with E-state index in [1.807, 2.05) is 26.0 Å². The maximum absolute atomic E-state index is 11.7. The van der Waals surface area contributed by atoms with Crippen molar-refractivity contribution in [1.82, 2.24) is 0 Å². The third-order valence-electron chi connectivity index (χ3n) is 3.34. The van der Waals surface area contributed by atoms with E-state index in [-0.39, 0.29) is 11.9 Å². The number of benzene rings is 1. The van der Waals surface area contributed by atoms with Crippen molar-refractivity contribution in [2.24, 2.45) is 5.92 Å². The average molecular weight is 266 g/mol. The first-order valence-corrected chi connectivity index (χ1v) is 6.36. The van der Waals surface area contributed by atoms with Crippen molar-refractivity contribution < 1.29 is 19.0 Å². The Kier molecular flexibility index (Phi) is 5.67. The van der Waals surface area contributed by atoms with Gasteiger partial charge in [0.15, 0.2) is 11.5 Å². The highest BCUT2D eigenvalue weighted by Crippen LogP contribution is 2.31. The summed E-state index contributed by atoms with van der Waals surface area (Å²) in [4.78, 5) is 11.7. The van der Waals surface area contributed by atoms with Crippen molar-refractivity contribution in [2.75, 3.05) is 21.3 Å². The molecule has 1 aromatic rings. The Morgan fingerprint density at radius 2 is 1.74 bits per heavy atom. The first-order chi connectivity index (χ1) is 9.07. The van der Waals surface area contributed by atoms with Gasteiger partial charge in [-0.25, -0.2) is 0 Å². The number of esters is 1. The molecule has 1 atom stereocenters. The van der Waals surface area contributed by atoms with Crippen LogP contribution in [-0.2, 0) is 16.0 Å². The fourth-order valence-electron chi connectivity index (χ4n) is 2.07. The molecule has 0 N–H and O–H groups in total. The molecule has 1 rings (SSSR count). The predicted molar refractivity (Wildman–Crippen MR) is 73.8 cm³/mol. The summed E-state index contributed by atoms with van der Waals surface area (Å²) in [6, 6.07) is 3.86. The molecule has 0 fully saturated rings. The minimum absolute atomic E-state index is 0.123. The highest BCUT2D eigenvalue weighted by atomic mass is 16.5. The van der Waals surface area contributed by atoms with Gasteiger partial charge in [0, 0.05) is 0 Å². The molecule has 4 heteroatoms. The Hall–Kier alpha value is -1.71. The quantitative estimate of drug-likeness (QED) is 0.743. The fourth-order valence-corrected chi connectivity index (χ4v) is 2.07. The Bertz CT molecular complexity index is 440. The minimum atomic E-state index is -0.170. The van der Waals surface area contributed by atoms with E-state index in [9.17, 15) is 4.79 Å². The second-order valence-corrected chi connectivity index (χ2v) is 4.47. The average Bonchev–Trinajstić information content (AvgIpc) is 2.44. The smallest absolute Gasteiger partial charge is 0.308 e. The van der Waals surface area contributed by atoms with Crippen LogP contribution < -0.4 is 9.47 Å². The van der Waals surface area contributed by atoms with Crippen molar-refractivity contribution in [2.45, 2.75) is 26.7 Å². The molecule has 19 heavy (non-hydrogen) atoms. The second kappa shape index (κ2) is 7.02. The first-order valence-electron chi connectivity index (χ1n) is 6.36. The van der Waals surface area contributed by atoms with Gasteiger partial charge in [0.1, 0.15) is 0 Å². The largest absolute Gasteiger partial charge is 0.493 e. The van der Waals surface area contributed by atoms with E-state index in [0.29, 0.717) is 17.9 Å². The molecule has 1 aromatic carbocycles. The topological polar surface area (TPSA) is 44.8 Å². The van der Waals surface area contributed by atoms with Crippen LogP contribution in [0.1, 0.15) is 24.5 Å². The molecule has 0 amide bonds. The van der Waals surface area contributed by atoms with Gasteiger partial charge in [-0.05, 0) is 43.0 Å². The highest BCUT2D eigenvalue weighted by molar-refractivity contribution is 5.72. The fraction of sp³-hybridized carbons (Fsp3) is 0.533. The molecule has 4 nitrogen and oxygen atoms in total. The van der Waals surface area contributed by atoms with Gasteiger partial charge in [0.05, 0.1) is 27.2 Å². The van der Waals surface area contributed by atoms with Crippen LogP contribution >= 0.6 is 0 Å². The van der Waals surface area contributed by atoms with Gasteiger partial charge in [-0.2, -0.15) is 0 Å². The normalized spacial score (nSPS) is 11.8. The summed E-state index contributed by atoms with van der Waals surface area (Å²) < 4.78 is 15.4. The second-order valence-electron chi connectivity index (χ2n) is 4.47. The lowest BCUT2D eigenvalue weighted by Gasteiger charge is -2.16. The van der Waals surface area contributed by atoms with Crippen LogP contribution in [-0.4, -0.2) is 27.3 Å². The SMILES string of the molecule is CCC(Cc1cc(OC)c(OC)cc1C)C(=O)OC. The lowest BCUT2D eigenvalue weighted by Crippen LogP contribution is -2.18. The number of carbonyl (C=O) groups is 1. The molecule has 0 saturated carbocycles. The van der Waals surface area contributed by atoms with Crippen LogP contribution in [0.25, 0.3) is 0 Å². The van der Waals surface area contributed by atoms with E-state index in [4.69, 9.17) is 14.2 Å². The molecule has 106 valence electrons. The third-order valence-corrected chi connectivity index (χ3v) is 3.34. The van der Waals surface area contributed by atoms with Crippen LogP contribution in [0.5, 0.6) is 11.5 Å². The summed E-state index contributed by atoms with van der Waals surface area (Å²) in [5, 5.41) is 0. The van der Waals surface area contributed by atoms with Crippen molar-refractivity contribution in [1.29, 1.82) is 0 Å². The lowest BCUT2D eigenvalue weighted by molar-refractivity contribution is -0.145. The van der Waals surface area contributed by atoms with Gasteiger partial charge in [-0.1, -0.05) is 6.92 Å². The molecular weight excluding hydrogens is 244 g/mol. The Morgan fingerprint density at radius 1 is 1.16 bits per heavy atom. The van der Waals surface area contributed by atoms with Crippen molar-refractivity contribution in [3.63, 3.8) is 0 Å². The summed E-state index contributed by atoms with van der Waals surface area (Å²) in [6.07, 6.45) is 1.40. The summed E-state index contributed by atoms with van der Waals surface area (Å²) in [5.41, 5.74) is 2.16. The van der Waals surface area contributed by atoms with Crippen LogP contribution in [0.2, 0.25) is 0 Å². The van der Waals surface area contributed by atoms with Crippen LogP contribution in [0.15, 0.2) is 12.1 Å². The highest BCUT2D eigenvalue weighted by Gasteiger charge is 2.19. The Balaban J connectivity index is 3.03. The van der Waals surface area contributed by atoms with Gasteiger partial charge in [0.25, 0.3) is 0 Å². The van der Waals surface area contributed by atoms with Crippen molar-refractivity contribution in [3.05, 3.63) is 23.3 Å². The number of aryl methyl sites for hydroxylation is 1. The third kappa shape index (κ3) is 3.63. The van der Waals surface area contributed by atoms with E-state index in [0.717, 1.165) is 17.5 Å². The molecule has 0 heterocycles. The summed E-state index contributed by atoms with van der Waals surface area (Å²) in [7, 11) is 4.64. The van der Waals surface area contributed by atoms with Crippen LogP contribution in [0, 0.1) is 12.8 Å². The van der Waals surface area contributed by atoms with Gasteiger partial charge in [-0.15, -0.1) is 0 Å². The number of methoxy groups -OCH3 is 3. The van der Waals surface area contributed by atoms with Crippen LogP contribution in [0.4, 0.5) is 0 Å². The van der Waals surface area contributed by atoms with Gasteiger partial charge >= 0.3 is 5.97 Å². The molecule has 1 unspecified atom stereocenters. The van der Waals surface area contributed by atoms with E-state index in [2.05, 4.69) is 0 Å². The molecule has 0 aliphatic rings. The Morgan fingerprint density at radius 3 is 2.21 bits per heavy atom. The van der Waals surface area contributed by atoms with E-state index >= 15 is 0 Å². The van der Waals surface area contributed by atoms with E-state index in [1.54, 1.807) is 14.2 Å². The number of rotatable bonds is 6. The zero-order chi connectivity index (χ0) is 14.4. The van der Waals surface area contributed by atoms with Gasteiger partial charge in [-0.3, -0.25) is 4.79 Å². The van der Waals surface area contributed by atoms with E-state index in [1.165, 1.54) is 7.11 Å². The summed E-state index contributed by atoms with van der Waals surface area (Å²) >= 11 is 0. The number of carbonyl (C=O) groups excluding carboxylic acids is 1. The molecule has 0 spiro atoms. The number of hydrogen-bond acceptors (Lipinski definition) is 4. The standard InChI is InChI=1S/C15H22O4/c1-6-11(15(16)19-5)8-12-9-14(18-4)13(17-3)7-10(12)2/h7,9,11H,6,8H2,1-5H3. The monoisotopic (exact) mass is 266 g/mol. The maximum Gasteiger partial charge on any atom is 0.308 e. The molecule has 0 aromatic heterocycles. The van der Waals surface area contributed by atoms with Gasteiger partial charge < -0.3 is 14.2 Å². The molecule has 0 saturated heterocycles. The molecular formula is C15H22O4. The predicted octanol–water partition coefficient (Wildman–Crippen LogP) is 2.75. The molecule has 0 aliphatic heterocycles. The minimum Gasteiger partial charge on any atom is -0.493 e. The summed E-state index contributed by atoms with van der Waals surface area (Å²) in [5.74, 6) is 1.09. The Labute approximate surface area is 114 Å². The number of hydrogen-bond donors (Lipinski definition) is 0. The van der Waals surface area contributed by atoms with Crippen molar-refractivity contribution >= 4 is 5.97 Å². The maximum atomic E-state index is 11.7. The van der Waals surface area contributed by atoms with Crippen molar-refractivity contribution in [3.8, 4) is 11.5 Å². The zero-order valence-electron chi connectivity index (χ0n) is 12.3. The molecule has 0 bridgehead atoms. The number of ether oxygens (including phenoxy) is 3. The lowest BCUT2D eigenvalue weighted by atomic mass is 9.94. The summed E-state index contributed by atoms with van der Waals surface area (Å²) in [6.45, 7) is 3.99.